The molecule has 0 bridgehead atoms. The zero-order chi connectivity index (χ0) is 28.2. The Morgan fingerprint density at radius 2 is 1.76 bits per heavy atom. The third-order valence-corrected chi connectivity index (χ3v) is 5.40. The number of ether oxygens (including phenoxy) is 3. The first-order valence-corrected chi connectivity index (χ1v) is 10.6. The van der Waals surface area contributed by atoms with E-state index in [9.17, 15) is 38.1 Å². The van der Waals surface area contributed by atoms with Crippen LogP contribution in [0.3, 0.4) is 0 Å². The van der Waals surface area contributed by atoms with E-state index in [4.69, 9.17) is 15.2 Å². The summed E-state index contributed by atoms with van der Waals surface area (Å²) < 4.78 is 52.2. The molecular weight excluding hydrogens is 513 g/mol. The standard InChI is InChI=1S/C24H19F3N4O7/c1-36-22(32)19-18(13-6-4-3-5-7-13)15(11-28)21(29)30(20(19)23(33)37-2)14-8-9-17(16(10-14)31(34)35)38-12-24(25,26)27/h3-10,18H,12,29H2,1-2H3. The Morgan fingerprint density at radius 3 is 2.29 bits per heavy atom. The van der Waals surface area contributed by atoms with Gasteiger partial charge in [0.2, 0.25) is 0 Å². The van der Waals surface area contributed by atoms with Crippen molar-refractivity contribution in [3.8, 4) is 11.8 Å². The Morgan fingerprint density at radius 1 is 1.13 bits per heavy atom. The van der Waals surface area contributed by atoms with Crippen LogP contribution in [0.4, 0.5) is 24.5 Å². The van der Waals surface area contributed by atoms with E-state index in [1.54, 1.807) is 30.3 Å². The number of nitrogens with two attached hydrogens (primary N) is 1. The molecule has 0 fully saturated rings. The summed E-state index contributed by atoms with van der Waals surface area (Å²) in [4.78, 5) is 37.6. The molecule has 38 heavy (non-hydrogen) atoms. The van der Waals surface area contributed by atoms with E-state index in [1.165, 1.54) is 0 Å². The number of benzene rings is 2. The van der Waals surface area contributed by atoms with Crippen LogP contribution in [-0.2, 0) is 19.1 Å². The second-order valence-electron chi connectivity index (χ2n) is 7.65. The average Bonchev–Trinajstić information content (AvgIpc) is 2.90. The van der Waals surface area contributed by atoms with Crippen molar-refractivity contribution >= 4 is 23.3 Å². The molecule has 198 valence electrons. The van der Waals surface area contributed by atoms with Gasteiger partial charge in [-0.3, -0.25) is 15.0 Å². The van der Waals surface area contributed by atoms with Gasteiger partial charge in [-0.15, -0.1) is 0 Å². The lowest BCUT2D eigenvalue weighted by Crippen LogP contribution is -2.40. The number of carbonyl (C=O) groups is 2. The maximum atomic E-state index is 13.0. The van der Waals surface area contributed by atoms with E-state index < -0.39 is 52.7 Å². The van der Waals surface area contributed by atoms with Gasteiger partial charge in [-0.05, 0) is 17.7 Å². The number of carbonyl (C=O) groups excluding carboxylic acids is 2. The molecule has 14 heteroatoms. The van der Waals surface area contributed by atoms with E-state index in [0.29, 0.717) is 5.56 Å². The Bertz CT molecular complexity index is 1380. The first-order chi connectivity index (χ1) is 17.9. The fourth-order valence-electron chi connectivity index (χ4n) is 3.85. The highest BCUT2D eigenvalue weighted by atomic mass is 19.4. The van der Waals surface area contributed by atoms with Crippen molar-refractivity contribution in [2.24, 2.45) is 5.73 Å². The average molecular weight is 532 g/mol. The topological polar surface area (TPSA) is 158 Å². The highest BCUT2D eigenvalue weighted by Gasteiger charge is 2.43. The van der Waals surface area contributed by atoms with E-state index >= 15 is 0 Å². The van der Waals surface area contributed by atoms with Gasteiger partial charge in [-0.25, -0.2) is 9.59 Å². The van der Waals surface area contributed by atoms with Gasteiger partial charge in [-0.2, -0.15) is 18.4 Å². The summed E-state index contributed by atoms with van der Waals surface area (Å²) in [5, 5.41) is 21.7. The molecule has 0 amide bonds. The summed E-state index contributed by atoms with van der Waals surface area (Å²) in [5.74, 6) is -4.40. The number of nitrogens with zero attached hydrogens (tertiary/aromatic N) is 3. The third-order valence-electron chi connectivity index (χ3n) is 5.40. The summed E-state index contributed by atoms with van der Waals surface area (Å²) in [6, 6.07) is 12.7. The van der Waals surface area contributed by atoms with Gasteiger partial charge in [0.25, 0.3) is 0 Å². The molecule has 0 aliphatic carbocycles. The summed E-state index contributed by atoms with van der Waals surface area (Å²) in [6.07, 6.45) is -4.77. The first kappa shape index (κ1) is 27.5. The zero-order valence-corrected chi connectivity index (χ0v) is 19.8. The number of nitro benzene ring substituents is 1. The number of rotatable bonds is 7. The number of anilines is 1. The van der Waals surface area contributed by atoms with Crippen molar-refractivity contribution in [1.82, 2.24) is 0 Å². The number of methoxy groups -OCH3 is 2. The number of hydrogen-bond donors (Lipinski definition) is 1. The predicted molar refractivity (Wildman–Crippen MR) is 124 cm³/mol. The number of halogens is 3. The Hall–Kier alpha value is -5.06. The molecule has 2 aromatic rings. The van der Waals surface area contributed by atoms with E-state index in [1.807, 2.05) is 6.07 Å². The maximum absolute atomic E-state index is 13.0. The quantitative estimate of drug-likeness (QED) is 0.318. The summed E-state index contributed by atoms with van der Waals surface area (Å²) in [7, 11) is 2.05. The molecule has 2 aromatic carbocycles. The molecular formula is C24H19F3N4O7. The number of nitro groups is 1. The molecule has 0 saturated carbocycles. The van der Waals surface area contributed by atoms with E-state index in [2.05, 4.69) is 4.74 Å². The van der Waals surface area contributed by atoms with Crippen molar-refractivity contribution in [2.75, 3.05) is 25.7 Å². The predicted octanol–water partition coefficient (Wildman–Crippen LogP) is 3.43. The number of allylic oxidation sites excluding steroid dienone is 1. The largest absolute Gasteiger partial charge is 0.477 e. The molecule has 1 atom stereocenters. The Kier molecular flexibility index (Phi) is 7.90. The molecule has 3 rings (SSSR count). The number of nitriles is 1. The van der Waals surface area contributed by atoms with Gasteiger partial charge in [-0.1, -0.05) is 30.3 Å². The fourth-order valence-corrected chi connectivity index (χ4v) is 3.85. The fraction of sp³-hybridized carbons (Fsp3) is 0.208. The first-order valence-electron chi connectivity index (χ1n) is 10.6. The van der Waals surface area contributed by atoms with Gasteiger partial charge >= 0.3 is 23.8 Å². The molecule has 1 aliphatic heterocycles. The van der Waals surface area contributed by atoms with Crippen molar-refractivity contribution in [2.45, 2.75) is 12.1 Å². The molecule has 11 nitrogen and oxygen atoms in total. The highest BCUT2D eigenvalue weighted by molar-refractivity contribution is 6.06. The minimum atomic E-state index is -4.77. The maximum Gasteiger partial charge on any atom is 0.422 e. The lowest BCUT2D eigenvalue weighted by molar-refractivity contribution is -0.386. The normalized spacial score (nSPS) is 15.6. The molecule has 1 heterocycles. The lowest BCUT2D eigenvalue weighted by Gasteiger charge is -2.35. The second-order valence-corrected chi connectivity index (χ2v) is 7.65. The minimum Gasteiger partial charge on any atom is -0.477 e. The van der Waals surface area contributed by atoms with Crippen LogP contribution in [0.1, 0.15) is 11.5 Å². The van der Waals surface area contributed by atoms with Crippen LogP contribution in [0.2, 0.25) is 0 Å². The van der Waals surface area contributed by atoms with Crippen molar-refractivity contribution in [3.63, 3.8) is 0 Å². The van der Waals surface area contributed by atoms with Crippen molar-refractivity contribution in [1.29, 1.82) is 5.26 Å². The monoisotopic (exact) mass is 532 g/mol. The number of esters is 2. The van der Waals surface area contributed by atoms with Crippen LogP contribution in [0.5, 0.6) is 5.75 Å². The highest BCUT2D eigenvalue weighted by Crippen LogP contribution is 2.44. The molecule has 0 aromatic heterocycles. The van der Waals surface area contributed by atoms with E-state index in [0.717, 1.165) is 37.3 Å². The van der Waals surface area contributed by atoms with E-state index in [-0.39, 0.29) is 22.7 Å². The molecule has 1 unspecified atom stereocenters. The van der Waals surface area contributed by atoms with Crippen LogP contribution in [0.15, 0.2) is 71.2 Å². The van der Waals surface area contributed by atoms with Gasteiger partial charge in [0.1, 0.15) is 11.5 Å². The van der Waals surface area contributed by atoms with Crippen molar-refractivity contribution < 1.29 is 41.9 Å². The number of hydrogen-bond acceptors (Lipinski definition) is 10. The van der Waals surface area contributed by atoms with Crippen LogP contribution in [0, 0.1) is 21.4 Å². The Balaban J connectivity index is 2.33. The van der Waals surface area contributed by atoms with Gasteiger partial charge in [0.05, 0.1) is 48.0 Å². The van der Waals surface area contributed by atoms with Crippen LogP contribution < -0.4 is 15.4 Å². The zero-order valence-electron chi connectivity index (χ0n) is 19.8. The van der Waals surface area contributed by atoms with Crippen LogP contribution >= 0.6 is 0 Å². The summed E-state index contributed by atoms with van der Waals surface area (Å²) >= 11 is 0. The van der Waals surface area contributed by atoms with Gasteiger partial charge in [0.15, 0.2) is 12.4 Å². The Labute approximate surface area is 213 Å². The minimum absolute atomic E-state index is 0.204. The molecule has 0 saturated heterocycles. The lowest BCUT2D eigenvalue weighted by atomic mass is 9.81. The summed E-state index contributed by atoms with van der Waals surface area (Å²) in [5.41, 5.74) is 4.49. The number of alkyl halides is 3. The SMILES string of the molecule is COC(=O)C1=C(C(=O)OC)N(c2ccc(OCC(F)(F)F)c([N+](=O)[O-])c2)C(N)=C(C#N)C1c1ccccc1. The smallest absolute Gasteiger partial charge is 0.422 e. The molecule has 0 spiro atoms. The molecule has 0 radical (unpaired) electrons. The van der Waals surface area contributed by atoms with Gasteiger partial charge in [0, 0.05) is 6.07 Å². The van der Waals surface area contributed by atoms with Crippen molar-refractivity contribution in [3.05, 3.63) is 86.9 Å². The molecule has 2 N–H and O–H groups in total. The summed E-state index contributed by atoms with van der Waals surface area (Å²) in [6.45, 7) is -1.80. The second kappa shape index (κ2) is 10.9. The van der Waals surface area contributed by atoms with Crippen LogP contribution in [0.25, 0.3) is 0 Å². The van der Waals surface area contributed by atoms with Crippen LogP contribution in [-0.4, -0.2) is 43.9 Å². The molecule has 1 aliphatic rings. The van der Waals surface area contributed by atoms with Gasteiger partial charge < -0.3 is 19.9 Å². The third kappa shape index (κ3) is 5.36.